The van der Waals surface area contributed by atoms with Crippen LogP contribution in [-0.2, 0) is 29.5 Å². The maximum absolute atomic E-state index is 12.9. The summed E-state index contributed by atoms with van der Waals surface area (Å²) in [7, 11) is 0. The Hall–Kier alpha value is -0.936. The molecule has 1 radical (unpaired) electrons. The molecule has 1 fully saturated rings. The van der Waals surface area contributed by atoms with Crippen molar-refractivity contribution in [2.45, 2.75) is 38.8 Å². The van der Waals surface area contributed by atoms with Crippen molar-refractivity contribution in [3.05, 3.63) is 34.9 Å². The molecular weight excluding hydrogens is 318 g/mol. The van der Waals surface area contributed by atoms with E-state index < -0.39 is 11.7 Å². The van der Waals surface area contributed by atoms with Gasteiger partial charge in [0.25, 0.3) is 0 Å². The molecule has 6 heteroatoms. The molecule has 1 aliphatic rings. The van der Waals surface area contributed by atoms with Crippen LogP contribution < -0.4 is 0 Å². The van der Waals surface area contributed by atoms with Crippen LogP contribution in [0.25, 0.3) is 0 Å². The number of rotatable bonds is 1. The van der Waals surface area contributed by atoms with Gasteiger partial charge in [0.1, 0.15) is 0 Å². The van der Waals surface area contributed by atoms with Gasteiger partial charge in [0, 0.05) is 44.5 Å². The predicted molar refractivity (Wildman–Crippen MR) is 70.4 cm³/mol. The number of hydrogen-bond acceptors (Lipinski definition) is 1. The summed E-state index contributed by atoms with van der Waals surface area (Å²) in [4.78, 5) is 13.1. The summed E-state index contributed by atoms with van der Waals surface area (Å²) in [5.41, 5.74) is 0.337. The van der Waals surface area contributed by atoms with Gasteiger partial charge in [0.05, 0.1) is 5.56 Å². The van der Waals surface area contributed by atoms with E-state index in [4.69, 9.17) is 0 Å². The third-order valence-corrected chi connectivity index (χ3v) is 3.91. The van der Waals surface area contributed by atoms with Gasteiger partial charge >= 0.3 is 6.18 Å². The molecule has 1 heterocycles. The summed E-state index contributed by atoms with van der Waals surface area (Å²) >= 11 is 0. The van der Waals surface area contributed by atoms with Gasteiger partial charge in [-0.3, -0.25) is 4.79 Å². The van der Waals surface area contributed by atoms with Gasteiger partial charge < -0.3 is 4.90 Å². The first-order valence-electron chi connectivity index (χ1n) is 6.72. The molecule has 0 bridgehead atoms. The SMILES string of the molecule is CC(=O)N1CCCC(c2ccc(C)c(C(F)(F)F)c2)C1.[V]. The topological polar surface area (TPSA) is 20.3 Å². The standard InChI is InChI=1S/C15H18F3NO.V/c1-10-5-6-12(8-14(10)15(16,17)18)13-4-3-7-19(9-13)11(2)20;/h5-6,8,13H,3-4,7,9H2,1-2H3;. The molecule has 1 aromatic carbocycles. The molecule has 2 rings (SSSR count). The second-order valence-electron chi connectivity index (χ2n) is 5.38. The van der Waals surface area contributed by atoms with Crippen LogP contribution >= 0.6 is 0 Å². The van der Waals surface area contributed by atoms with E-state index in [0.717, 1.165) is 12.8 Å². The number of benzene rings is 1. The summed E-state index contributed by atoms with van der Waals surface area (Å²) in [5, 5.41) is 0. The number of alkyl halides is 3. The van der Waals surface area contributed by atoms with Crippen molar-refractivity contribution in [1.82, 2.24) is 4.90 Å². The van der Waals surface area contributed by atoms with E-state index in [1.165, 1.54) is 26.0 Å². The van der Waals surface area contributed by atoms with E-state index in [1.54, 1.807) is 11.0 Å². The molecule has 0 N–H and O–H groups in total. The quantitative estimate of drug-likeness (QED) is 0.765. The first-order chi connectivity index (χ1) is 9.29. The minimum Gasteiger partial charge on any atom is -0.342 e. The Kier molecular flexibility index (Phi) is 5.94. The molecule has 21 heavy (non-hydrogen) atoms. The molecule has 1 aliphatic heterocycles. The second kappa shape index (κ2) is 6.88. The van der Waals surface area contributed by atoms with Crippen LogP contribution in [0.1, 0.15) is 42.4 Å². The molecule has 115 valence electrons. The number of amides is 1. The van der Waals surface area contributed by atoms with Crippen molar-refractivity contribution >= 4 is 5.91 Å². The summed E-state index contributed by atoms with van der Waals surface area (Å²) in [5.74, 6) is -0.0211. The molecule has 0 aromatic heterocycles. The van der Waals surface area contributed by atoms with Gasteiger partial charge in [-0.2, -0.15) is 13.2 Å². The van der Waals surface area contributed by atoms with Crippen LogP contribution in [0.5, 0.6) is 0 Å². The summed E-state index contributed by atoms with van der Waals surface area (Å²) in [6.07, 6.45) is -2.67. The van der Waals surface area contributed by atoms with Crippen LogP contribution in [0.3, 0.4) is 0 Å². The van der Waals surface area contributed by atoms with Gasteiger partial charge in [0.2, 0.25) is 5.91 Å². The van der Waals surface area contributed by atoms with Crippen molar-refractivity contribution in [3.8, 4) is 0 Å². The molecule has 1 aromatic rings. The van der Waals surface area contributed by atoms with Crippen molar-refractivity contribution < 1.29 is 36.5 Å². The number of carbonyl (C=O) groups is 1. The van der Waals surface area contributed by atoms with Gasteiger partial charge in [0.15, 0.2) is 0 Å². The molecule has 1 saturated heterocycles. The third kappa shape index (κ3) is 4.27. The molecule has 1 atom stereocenters. The van der Waals surface area contributed by atoms with Gasteiger partial charge in [-0.15, -0.1) is 0 Å². The maximum atomic E-state index is 12.9. The number of nitrogens with zero attached hydrogens (tertiary/aromatic N) is 1. The van der Waals surface area contributed by atoms with Crippen LogP contribution in [0.2, 0.25) is 0 Å². The van der Waals surface area contributed by atoms with Crippen molar-refractivity contribution in [2.75, 3.05) is 13.1 Å². The van der Waals surface area contributed by atoms with Crippen molar-refractivity contribution in [2.24, 2.45) is 0 Å². The van der Waals surface area contributed by atoms with Crippen molar-refractivity contribution in [3.63, 3.8) is 0 Å². The Morgan fingerprint density at radius 3 is 2.57 bits per heavy atom. The van der Waals surface area contributed by atoms with Crippen LogP contribution in [-0.4, -0.2) is 23.9 Å². The molecule has 1 amide bonds. The van der Waals surface area contributed by atoms with Gasteiger partial charge in [-0.05, 0) is 37.0 Å². The second-order valence-corrected chi connectivity index (χ2v) is 5.38. The fraction of sp³-hybridized carbons (Fsp3) is 0.533. The number of carbonyl (C=O) groups excluding carboxylic acids is 1. The van der Waals surface area contributed by atoms with Gasteiger partial charge in [-0.1, -0.05) is 12.1 Å². The fourth-order valence-corrected chi connectivity index (χ4v) is 2.73. The van der Waals surface area contributed by atoms with Crippen LogP contribution in [0, 0.1) is 6.92 Å². The first-order valence-corrected chi connectivity index (χ1v) is 6.72. The normalized spacial score (nSPS) is 19.1. The maximum Gasteiger partial charge on any atom is 0.416 e. The Balaban J connectivity index is 0.00000220. The number of piperidine rings is 1. The Labute approximate surface area is 134 Å². The predicted octanol–water partition coefficient (Wildman–Crippen LogP) is 3.74. The van der Waals surface area contributed by atoms with Crippen LogP contribution in [0.4, 0.5) is 13.2 Å². The third-order valence-electron chi connectivity index (χ3n) is 3.91. The minimum absolute atomic E-state index is 0. The first kappa shape index (κ1) is 18.1. The molecule has 2 nitrogen and oxygen atoms in total. The van der Waals surface area contributed by atoms with E-state index in [0.29, 0.717) is 18.7 Å². The van der Waals surface area contributed by atoms with E-state index in [2.05, 4.69) is 0 Å². The van der Waals surface area contributed by atoms with E-state index in [-0.39, 0.29) is 35.9 Å². The van der Waals surface area contributed by atoms with Crippen molar-refractivity contribution in [1.29, 1.82) is 0 Å². The minimum atomic E-state index is -4.32. The Morgan fingerprint density at radius 2 is 2.00 bits per heavy atom. The van der Waals surface area contributed by atoms with Crippen LogP contribution in [0.15, 0.2) is 18.2 Å². The van der Waals surface area contributed by atoms with Gasteiger partial charge in [-0.25, -0.2) is 0 Å². The zero-order chi connectivity index (χ0) is 14.9. The molecule has 0 aliphatic carbocycles. The smallest absolute Gasteiger partial charge is 0.342 e. The summed E-state index contributed by atoms with van der Waals surface area (Å²) < 4.78 is 38.8. The molecule has 1 unspecified atom stereocenters. The Bertz CT molecular complexity index is 516. The average Bonchev–Trinajstić information content (AvgIpc) is 2.38. The molecular formula is C15H18F3NOV. The number of likely N-dealkylation sites (tertiary alicyclic amines) is 1. The zero-order valence-electron chi connectivity index (χ0n) is 12.1. The summed E-state index contributed by atoms with van der Waals surface area (Å²) in [6, 6.07) is 4.51. The van der Waals surface area contributed by atoms with E-state index in [9.17, 15) is 18.0 Å². The number of halogens is 3. The number of aryl methyl sites for hydroxylation is 1. The Morgan fingerprint density at radius 1 is 1.33 bits per heavy atom. The zero-order valence-corrected chi connectivity index (χ0v) is 13.5. The van der Waals surface area contributed by atoms with E-state index >= 15 is 0 Å². The average molecular weight is 336 g/mol. The monoisotopic (exact) mass is 336 g/mol. The number of hydrogen-bond donors (Lipinski definition) is 0. The fourth-order valence-electron chi connectivity index (χ4n) is 2.73. The summed E-state index contributed by atoms with van der Waals surface area (Å²) in [6.45, 7) is 4.17. The molecule has 0 spiro atoms. The molecule has 0 saturated carbocycles. The van der Waals surface area contributed by atoms with E-state index in [1.807, 2.05) is 0 Å². The largest absolute Gasteiger partial charge is 0.416 e.